The van der Waals surface area contributed by atoms with Gasteiger partial charge in [0.05, 0.1) is 23.6 Å². The number of rotatable bonds is 2. The molecule has 1 fully saturated rings. The predicted octanol–water partition coefficient (Wildman–Crippen LogP) is 2.30. The molecule has 1 aromatic heterocycles. The second kappa shape index (κ2) is 5.53. The Bertz CT molecular complexity index is 779. The van der Waals surface area contributed by atoms with Gasteiger partial charge in [0.2, 0.25) is 10.0 Å². The maximum Gasteiger partial charge on any atom is 0.243 e. The van der Waals surface area contributed by atoms with E-state index in [4.69, 9.17) is 16.3 Å². The lowest BCUT2D eigenvalue weighted by atomic mass is 10.2. The summed E-state index contributed by atoms with van der Waals surface area (Å²) >= 11 is 5.84. The van der Waals surface area contributed by atoms with Crippen molar-refractivity contribution in [3.63, 3.8) is 0 Å². The van der Waals surface area contributed by atoms with E-state index in [-0.39, 0.29) is 10.9 Å². The highest BCUT2D eigenvalue weighted by molar-refractivity contribution is 7.89. The Labute approximate surface area is 128 Å². The van der Waals surface area contributed by atoms with Gasteiger partial charge in [-0.25, -0.2) is 13.4 Å². The first-order valence-electron chi connectivity index (χ1n) is 6.64. The van der Waals surface area contributed by atoms with Gasteiger partial charge in [-0.1, -0.05) is 11.6 Å². The summed E-state index contributed by atoms with van der Waals surface area (Å²) in [6, 6.07) is 8.14. The summed E-state index contributed by atoms with van der Waals surface area (Å²) in [6.45, 7) is 3.07. The fourth-order valence-corrected chi connectivity index (χ4v) is 4.23. The van der Waals surface area contributed by atoms with Crippen molar-refractivity contribution >= 4 is 32.5 Å². The summed E-state index contributed by atoms with van der Waals surface area (Å²) in [6.07, 6.45) is 0. The molecule has 0 bridgehead atoms. The average Bonchev–Trinajstić information content (AvgIpc) is 2.47. The van der Waals surface area contributed by atoms with Gasteiger partial charge in [0.25, 0.3) is 0 Å². The molecular formula is C14H15ClN2O3S. The molecule has 3 rings (SSSR count). The van der Waals surface area contributed by atoms with Crippen molar-refractivity contribution in [3.8, 4) is 0 Å². The molecule has 1 aliphatic rings. The van der Waals surface area contributed by atoms with Crippen molar-refractivity contribution in [1.29, 1.82) is 0 Å². The molecule has 0 saturated carbocycles. The highest BCUT2D eigenvalue weighted by Crippen LogP contribution is 2.24. The normalized spacial score (nSPS) is 20.8. The van der Waals surface area contributed by atoms with Crippen molar-refractivity contribution in [2.75, 3.05) is 19.8 Å². The minimum atomic E-state index is -3.52. The van der Waals surface area contributed by atoms with E-state index in [9.17, 15) is 8.42 Å². The molecule has 0 spiro atoms. The molecule has 2 aromatic rings. The Balaban J connectivity index is 2.04. The predicted molar refractivity (Wildman–Crippen MR) is 80.9 cm³/mol. The smallest absolute Gasteiger partial charge is 0.243 e. The van der Waals surface area contributed by atoms with Gasteiger partial charge in [-0.3, -0.25) is 0 Å². The summed E-state index contributed by atoms with van der Waals surface area (Å²) in [5, 5.41) is 1.14. The van der Waals surface area contributed by atoms with Crippen molar-refractivity contribution < 1.29 is 13.2 Å². The van der Waals surface area contributed by atoms with Crippen molar-refractivity contribution in [3.05, 3.63) is 35.5 Å². The molecule has 21 heavy (non-hydrogen) atoms. The minimum Gasteiger partial charge on any atom is -0.378 e. The Kier molecular flexibility index (Phi) is 3.88. The highest BCUT2D eigenvalue weighted by atomic mass is 35.5. The van der Waals surface area contributed by atoms with Crippen LogP contribution >= 0.6 is 11.6 Å². The van der Waals surface area contributed by atoms with Crippen LogP contribution in [0.3, 0.4) is 0 Å². The average molecular weight is 327 g/mol. The van der Waals surface area contributed by atoms with E-state index in [1.165, 1.54) is 4.31 Å². The number of pyridine rings is 1. The Morgan fingerprint density at radius 2 is 2.14 bits per heavy atom. The maximum absolute atomic E-state index is 12.7. The van der Waals surface area contributed by atoms with Gasteiger partial charge in [0.15, 0.2) is 0 Å². The van der Waals surface area contributed by atoms with E-state index >= 15 is 0 Å². The van der Waals surface area contributed by atoms with Gasteiger partial charge in [0.1, 0.15) is 5.15 Å². The summed E-state index contributed by atoms with van der Waals surface area (Å²) in [4.78, 5) is 4.43. The van der Waals surface area contributed by atoms with Crippen LogP contribution in [-0.4, -0.2) is 43.5 Å². The number of morpholine rings is 1. The van der Waals surface area contributed by atoms with Crippen LogP contribution in [0.4, 0.5) is 0 Å². The van der Waals surface area contributed by atoms with Crippen LogP contribution < -0.4 is 0 Å². The van der Waals surface area contributed by atoms with Gasteiger partial charge in [0, 0.05) is 18.0 Å². The third kappa shape index (κ3) is 2.76. The fraction of sp³-hybridized carbons (Fsp3) is 0.357. The zero-order chi connectivity index (χ0) is 15.0. The molecule has 5 nitrogen and oxygen atoms in total. The maximum atomic E-state index is 12.7. The topological polar surface area (TPSA) is 59.5 Å². The van der Waals surface area contributed by atoms with Crippen LogP contribution in [0.1, 0.15) is 6.92 Å². The number of ether oxygens (including phenoxy) is 1. The monoisotopic (exact) mass is 326 g/mol. The van der Waals surface area contributed by atoms with Crippen molar-refractivity contribution in [1.82, 2.24) is 9.29 Å². The van der Waals surface area contributed by atoms with Crippen LogP contribution in [-0.2, 0) is 14.8 Å². The van der Waals surface area contributed by atoms with Gasteiger partial charge in [-0.2, -0.15) is 4.31 Å². The molecule has 7 heteroatoms. The summed E-state index contributed by atoms with van der Waals surface area (Å²) < 4.78 is 32.2. The van der Waals surface area contributed by atoms with Crippen LogP contribution in [0.25, 0.3) is 10.9 Å². The number of nitrogens with zero attached hydrogens (tertiary/aromatic N) is 2. The van der Waals surface area contributed by atoms with Crippen LogP contribution in [0, 0.1) is 0 Å². The molecule has 0 radical (unpaired) electrons. The fourth-order valence-electron chi connectivity index (χ4n) is 2.44. The summed E-state index contributed by atoms with van der Waals surface area (Å²) in [7, 11) is -3.52. The quantitative estimate of drug-likeness (QED) is 0.795. The third-order valence-electron chi connectivity index (χ3n) is 3.54. The van der Waals surface area contributed by atoms with E-state index < -0.39 is 10.0 Å². The lowest BCUT2D eigenvalue weighted by molar-refractivity contribution is 0.0393. The van der Waals surface area contributed by atoms with Crippen LogP contribution in [0.2, 0.25) is 5.15 Å². The van der Waals surface area contributed by atoms with Gasteiger partial charge in [-0.15, -0.1) is 0 Å². The second-order valence-electron chi connectivity index (χ2n) is 5.03. The summed E-state index contributed by atoms with van der Waals surface area (Å²) in [5.41, 5.74) is 0.677. The molecule has 0 aliphatic carbocycles. The number of fused-ring (bicyclic) bond motifs is 1. The first-order valence-corrected chi connectivity index (χ1v) is 8.46. The number of hydrogen-bond acceptors (Lipinski definition) is 4. The molecule has 0 N–H and O–H groups in total. The summed E-state index contributed by atoms with van der Waals surface area (Å²) in [5.74, 6) is 0. The Hall–Kier alpha value is -1.21. The van der Waals surface area contributed by atoms with Crippen LogP contribution in [0.5, 0.6) is 0 Å². The largest absolute Gasteiger partial charge is 0.378 e. The van der Waals surface area contributed by atoms with Gasteiger partial charge < -0.3 is 4.74 Å². The SMILES string of the molecule is CC1COCCN1S(=O)(=O)c1ccc2nc(Cl)ccc2c1. The minimum absolute atomic E-state index is 0.164. The number of hydrogen-bond donors (Lipinski definition) is 0. The number of sulfonamides is 1. The van der Waals surface area contributed by atoms with E-state index in [0.717, 1.165) is 5.39 Å². The van der Waals surface area contributed by atoms with Crippen LogP contribution in [0.15, 0.2) is 35.2 Å². The molecule has 2 heterocycles. The number of benzene rings is 1. The Morgan fingerprint density at radius 3 is 2.90 bits per heavy atom. The number of halogens is 1. The zero-order valence-corrected chi connectivity index (χ0v) is 13.1. The van der Waals surface area contributed by atoms with E-state index in [2.05, 4.69) is 4.98 Å². The lowest BCUT2D eigenvalue weighted by Gasteiger charge is -2.32. The molecule has 112 valence electrons. The first kappa shape index (κ1) is 14.7. The van der Waals surface area contributed by atoms with Gasteiger partial charge >= 0.3 is 0 Å². The molecule has 0 amide bonds. The molecule has 1 unspecified atom stereocenters. The molecule has 1 aromatic carbocycles. The van der Waals surface area contributed by atoms with Crippen molar-refractivity contribution in [2.45, 2.75) is 17.9 Å². The number of aromatic nitrogens is 1. The third-order valence-corrected chi connectivity index (χ3v) is 5.76. The molecule has 1 saturated heterocycles. The van der Waals surface area contributed by atoms with E-state index in [1.54, 1.807) is 30.3 Å². The standard InChI is InChI=1S/C14H15ClN2O3S/c1-10-9-20-7-6-17(10)21(18,19)12-3-4-13-11(8-12)2-5-14(15)16-13/h2-5,8,10H,6-7,9H2,1H3. The van der Waals surface area contributed by atoms with E-state index in [0.29, 0.717) is 30.4 Å². The molecular weight excluding hydrogens is 312 g/mol. The first-order chi connectivity index (χ1) is 9.98. The second-order valence-corrected chi connectivity index (χ2v) is 7.31. The lowest BCUT2D eigenvalue weighted by Crippen LogP contribution is -2.46. The van der Waals surface area contributed by atoms with Crippen molar-refractivity contribution in [2.24, 2.45) is 0 Å². The van der Waals surface area contributed by atoms with E-state index in [1.807, 2.05) is 6.92 Å². The van der Waals surface area contributed by atoms with Gasteiger partial charge in [-0.05, 0) is 37.3 Å². The zero-order valence-electron chi connectivity index (χ0n) is 11.5. The highest BCUT2D eigenvalue weighted by Gasteiger charge is 2.31. The Morgan fingerprint density at radius 1 is 1.33 bits per heavy atom. The molecule has 1 aliphatic heterocycles. The molecule has 1 atom stereocenters.